The highest BCUT2D eigenvalue weighted by molar-refractivity contribution is 6.34. The van der Waals surface area contributed by atoms with Crippen LogP contribution < -0.4 is 10.5 Å². The molecule has 0 amide bonds. The van der Waals surface area contributed by atoms with Gasteiger partial charge in [-0.2, -0.15) is 4.98 Å². The van der Waals surface area contributed by atoms with Crippen LogP contribution in [0.5, 0.6) is 11.8 Å². The molecule has 2 rings (SSSR count). The first kappa shape index (κ1) is 11.0. The Morgan fingerprint density at radius 1 is 1.12 bits per heavy atom. The average molecular weight is 256 g/mol. The molecule has 0 saturated heterocycles. The molecule has 82 valence electrons. The highest BCUT2D eigenvalue weighted by Gasteiger charge is 2.03. The number of hydrogen-bond donors (Lipinski definition) is 1. The first-order chi connectivity index (χ1) is 7.63. The SMILES string of the molecule is Nc1ccnc(Oc2cc(Cl)cc(Cl)c2)n1. The van der Waals surface area contributed by atoms with Gasteiger partial charge in [0, 0.05) is 16.2 Å². The summed E-state index contributed by atoms with van der Waals surface area (Å²) in [6, 6.07) is 6.55. The van der Waals surface area contributed by atoms with Crippen LogP contribution in [0.15, 0.2) is 30.5 Å². The van der Waals surface area contributed by atoms with E-state index < -0.39 is 0 Å². The van der Waals surface area contributed by atoms with Crippen LogP contribution in [0.2, 0.25) is 10.0 Å². The van der Waals surface area contributed by atoms with Crippen LogP contribution in [-0.2, 0) is 0 Å². The fourth-order valence-corrected chi connectivity index (χ4v) is 1.60. The van der Waals surface area contributed by atoms with E-state index >= 15 is 0 Å². The minimum absolute atomic E-state index is 0.151. The quantitative estimate of drug-likeness (QED) is 0.896. The predicted octanol–water partition coefficient (Wildman–Crippen LogP) is 3.16. The van der Waals surface area contributed by atoms with Gasteiger partial charge in [-0.3, -0.25) is 0 Å². The molecule has 2 aromatic rings. The summed E-state index contributed by atoms with van der Waals surface area (Å²) >= 11 is 11.6. The summed E-state index contributed by atoms with van der Waals surface area (Å²) in [7, 11) is 0. The van der Waals surface area contributed by atoms with Crippen LogP contribution in [0.3, 0.4) is 0 Å². The lowest BCUT2D eigenvalue weighted by Gasteiger charge is -2.04. The Hall–Kier alpha value is -1.52. The molecule has 0 fully saturated rings. The maximum absolute atomic E-state index is 5.82. The first-order valence-corrected chi connectivity index (χ1v) is 5.11. The van der Waals surface area contributed by atoms with Gasteiger partial charge in [0.05, 0.1) is 0 Å². The summed E-state index contributed by atoms with van der Waals surface area (Å²) in [4.78, 5) is 7.78. The van der Waals surface area contributed by atoms with Crippen molar-refractivity contribution in [2.24, 2.45) is 0 Å². The average Bonchev–Trinajstić information content (AvgIpc) is 2.15. The summed E-state index contributed by atoms with van der Waals surface area (Å²) in [6.45, 7) is 0. The van der Waals surface area contributed by atoms with Gasteiger partial charge in [0.2, 0.25) is 0 Å². The van der Waals surface area contributed by atoms with Crippen LogP contribution in [0.25, 0.3) is 0 Å². The molecule has 0 unspecified atom stereocenters. The summed E-state index contributed by atoms with van der Waals surface area (Å²) in [5.41, 5.74) is 5.49. The van der Waals surface area contributed by atoms with Crippen molar-refractivity contribution in [1.29, 1.82) is 0 Å². The molecule has 16 heavy (non-hydrogen) atoms. The third kappa shape index (κ3) is 2.74. The maximum atomic E-state index is 5.82. The molecule has 1 aromatic carbocycles. The highest BCUT2D eigenvalue weighted by atomic mass is 35.5. The van der Waals surface area contributed by atoms with Gasteiger partial charge in [0.15, 0.2) is 0 Å². The smallest absolute Gasteiger partial charge is 0.323 e. The van der Waals surface area contributed by atoms with E-state index in [4.69, 9.17) is 33.7 Å². The third-order valence-corrected chi connectivity index (χ3v) is 2.14. The fourth-order valence-electron chi connectivity index (χ4n) is 1.10. The third-order valence-electron chi connectivity index (χ3n) is 1.70. The van der Waals surface area contributed by atoms with Crippen molar-refractivity contribution in [2.45, 2.75) is 0 Å². The van der Waals surface area contributed by atoms with E-state index in [0.29, 0.717) is 21.6 Å². The van der Waals surface area contributed by atoms with E-state index in [1.807, 2.05) is 0 Å². The van der Waals surface area contributed by atoms with E-state index in [9.17, 15) is 0 Å². The maximum Gasteiger partial charge on any atom is 0.323 e. The topological polar surface area (TPSA) is 61.0 Å². The van der Waals surface area contributed by atoms with E-state index in [1.54, 1.807) is 24.3 Å². The van der Waals surface area contributed by atoms with Crippen LogP contribution in [-0.4, -0.2) is 9.97 Å². The fraction of sp³-hybridized carbons (Fsp3) is 0. The lowest BCUT2D eigenvalue weighted by atomic mass is 10.3. The second kappa shape index (κ2) is 4.55. The predicted molar refractivity (Wildman–Crippen MR) is 63.0 cm³/mol. The van der Waals surface area contributed by atoms with Crippen LogP contribution >= 0.6 is 23.2 Å². The Balaban J connectivity index is 2.27. The molecule has 2 N–H and O–H groups in total. The molecule has 0 spiro atoms. The second-order valence-electron chi connectivity index (χ2n) is 2.97. The van der Waals surface area contributed by atoms with Crippen molar-refractivity contribution in [3.63, 3.8) is 0 Å². The number of rotatable bonds is 2. The van der Waals surface area contributed by atoms with Gasteiger partial charge < -0.3 is 10.5 Å². The van der Waals surface area contributed by atoms with Gasteiger partial charge in [-0.1, -0.05) is 23.2 Å². The molecule has 1 heterocycles. The first-order valence-electron chi connectivity index (χ1n) is 4.36. The monoisotopic (exact) mass is 255 g/mol. The van der Waals surface area contributed by atoms with Gasteiger partial charge >= 0.3 is 6.01 Å². The van der Waals surface area contributed by atoms with E-state index in [0.717, 1.165) is 0 Å². The number of hydrogen-bond acceptors (Lipinski definition) is 4. The minimum Gasteiger partial charge on any atom is -0.424 e. The van der Waals surface area contributed by atoms with Crippen LogP contribution in [0.4, 0.5) is 5.82 Å². The van der Waals surface area contributed by atoms with E-state index in [2.05, 4.69) is 9.97 Å². The van der Waals surface area contributed by atoms with Gasteiger partial charge in [-0.05, 0) is 24.3 Å². The number of nitrogen functional groups attached to an aromatic ring is 1. The molecule has 1 aromatic heterocycles. The van der Waals surface area contributed by atoms with E-state index in [1.165, 1.54) is 6.20 Å². The minimum atomic E-state index is 0.151. The zero-order chi connectivity index (χ0) is 11.5. The van der Waals surface area contributed by atoms with E-state index in [-0.39, 0.29) is 6.01 Å². The van der Waals surface area contributed by atoms with Crippen molar-refractivity contribution in [3.8, 4) is 11.8 Å². The van der Waals surface area contributed by atoms with Gasteiger partial charge in [0.1, 0.15) is 11.6 Å². The second-order valence-corrected chi connectivity index (χ2v) is 3.84. The molecule has 0 aliphatic rings. The molecule has 0 saturated carbocycles. The largest absolute Gasteiger partial charge is 0.424 e. The zero-order valence-corrected chi connectivity index (χ0v) is 9.53. The Morgan fingerprint density at radius 3 is 2.44 bits per heavy atom. The number of benzene rings is 1. The van der Waals surface area contributed by atoms with Gasteiger partial charge in [-0.25, -0.2) is 4.98 Å². The number of halogens is 2. The molecule has 0 aliphatic heterocycles. The molecule has 0 aliphatic carbocycles. The molecular weight excluding hydrogens is 249 g/mol. The molecular formula is C10H7Cl2N3O. The van der Waals surface area contributed by atoms with Crippen molar-refractivity contribution >= 4 is 29.0 Å². The van der Waals surface area contributed by atoms with Crippen molar-refractivity contribution in [2.75, 3.05) is 5.73 Å². The van der Waals surface area contributed by atoms with Gasteiger partial charge in [0.25, 0.3) is 0 Å². The number of nitrogens with two attached hydrogens (primary N) is 1. The molecule has 0 bridgehead atoms. The summed E-state index contributed by atoms with van der Waals surface area (Å²) < 4.78 is 5.35. The molecule has 0 radical (unpaired) electrons. The normalized spacial score (nSPS) is 10.1. The molecule has 0 atom stereocenters. The van der Waals surface area contributed by atoms with Crippen LogP contribution in [0.1, 0.15) is 0 Å². The number of nitrogens with zero attached hydrogens (tertiary/aromatic N) is 2. The summed E-state index contributed by atoms with van der Waals surface area (Å²) in [6.07, 6.45) is 1.50. The number of aromatic nitrogens is 2. The Bertz CT molecular complexity index is 499. The Morgan fingerprint density at radius 2 is 1.81 bits per heavy atom. The van der Waals surface area contributed by atoms with Crippen molar-refractivity contribution < 1.29 is 4.74 Å². The number of ether oxygens (including phenoxy) is 1. The lowest BCUT2D eigenvalue weighted by Crippen LogP contribution is -1.95. The van der Waals surface area contributed by atoms with Crippen molar-refractivity contribution in [1.82, 2.24) is 9.97 Å². The zero-order valence-electron chi connectivity index (χ0n) is 8.02. The lowest BCUT2D eigenvalue weighted by molar-refractivity contribution is 0.443. The standard InChI is InChI=1S/C10H7Cl2N3O/c11-6-3-7(12)5-8(4-6)16-10-14-2-1-9(13)15-10/h1-5H,(H2,13,14,15). The summed E-state index contributed by atoms with van der Waals surface area (Å²) in [5.74, 6) is 0.793. The number of anilines is 1. The highest BCUT2D eigenvalue weighted by Crippen LogP contribution is 2.26. The molecule has 4 nitrogen and oxygen atoms in total. The Labute approximate surface area is 102 Å². The Kier molecular flexibility index (Phi) is 3.12. The van der Waals surface area contributed by atoms with Gasteiger partial charge in [-0.15, -0.1) is 0 Å². The molecule has 6 heteroatoms. The van der Waals surface area contributed by atoms with Crippen molar-refractivity contribution in [3.05, 3.63) is 40.5 Å². The summed E-state index contributed by atoms with van der Waals surface area (Å²) in [5, 5.41) is 0.956. The van der Waals surface area contributed by atoms with Crippen LogP contribution in [0, 0.1) is 0 Å².